The van der Waals surface area contributed by atoms with Crippen LogP contribution in [0.3, 0.4) is 0 Å². The van der Waals surface area contributed by atoms with Crippen LogP contribution in [0, 0.1) is 0 Å². The van der Waals surface area contributed by atoms with Crippen molar-refractivity contribution in [3.63, 3.8) is 0 Å². The average Bonchev–Trinajstić information content (AvgIpc) is 2.27. The lowest BCUT2D eigenvalue weighted by molar-refractivity contribution is -0.139. The number of urea groups is 1. The number of nitrogens with one attached hydrogen (secondary N) is 2. The largest absolute Gasteiger partial charge is 0.480 e. The highest BCUT2D eigenvalue weighted by atomic mass is 32.2. The summed E-state index contributed by atoms with van der Waals surface area (Å²) in [4.78, 5) is 22.2. The number of rotatable bonds is 8. The number of sulfonamides is 1. The van der Waals surface area contributed by atoms with Crippen LogP contribution in [-0.4, -0.2) is 62.3 Å². The molecule has 3 N–H and O–H groups in total. The van der Waals surface area contributed by atoms with Gasteiger partial charge in [0.05, 0.1) is 5.75 Å². The van der Waals surface area contributed by atoms with Crippen molar-refractivity contribution in [2.24, 2.45) is 0 Å². The van der Waals surface area contributed by atoms with E-state index in [1.54, 1.807) is 6.92 Å². The molecule has 0 bridgehead atoms. The second-order valence-electron chi connectivity index (χ2n) is 4.18. The molecule has 0 aromatic carbocycles. The van der Waals surface area contributed by atoms with Gasteiger partial charge in [-0.2, -0.15) is 0 Å². The van der Waals surface area contributed by atoms with Gasteiger partial charge in [0.15, 0.2) is 0 Å². The van der Waals surface area contributed by atoms with Crippen molar-refractivity contribution in [1.82, 2.24) is 14.9 Å². The van der Waals surface area contributed by atoms with Gasteiger partial charge in [-0.05, 0) is 6.42 Å². The van der Waals surface area contributed by atoms with E-state index < -0.39 is 28.1 Å². The number of aliphatic carboxylic acids is 1. The number of hydrogen-bond donors (Lipinski definition) is 3. The molecule has 0 radical (unpaired) electrons. The lowest BCUT2D eigenvalue weighted by atomic mass is 10.2. The number of amides is 2. The summed E-state index contributed by atoms with van der Waals surface area (Å²) in [7, 11) is -0.575. The zero-order valence-corrected chi connectivity index (χ0v) is 12.2. The Hall–Kier alpha value is -1.35. The van der Waals surface area contributed by atoms with Crippen LogP contribution < -0.4 is 10.6 Å². The Kier molecular flexibility index (Phi) is 7.38. The molecule has 0 saturated heterocycles. The van der Waals surface area contributed by atoms with Gasteiger partial charge in [0.2, 0.25) is 10.0 Å². The second kappa shape index (κ2) is 7.95. The first kappa shape index (κ1) is 17.6. The van der Waals surface area contributed by atoms with E-state index in [1.165, 1.54) is 14.1 Å². The van der Waals surface area contributed by atoms with Gasteiger partial charge in [-0.25, -0.2) is 22.3 Å². The van der Waals surface area contributed by atoms with E-state index in [0.29, 0.717) is 12.8 Å². The van der Waals surface area contributed by atoms with Crippen molar-refractivity contribution in [2.75, 3.05) is 26.4 Å². The fourth-order valence-electron chi connectivity index (χ4n) is 1.23. The molecule has 0 unspecified atom stereocenters. The monoisotopic (exact) mass is 295 g/mol. The van der Waals surface area contributed by atoms with Crippen molar-refractivity contribution in [1.29, 1.82) is 0 Å². The van der Waals surface area contributed by atoms with Crippen molar-refractivity contribution in [3.8, 4) is 0 Å². The van der Waals surface area contributed by atoms with Crippen LogP contribution in [0.4, 0.5) is 4.79 Å². The molecule has 0 rings (SSSR count). The number of carbonyl (C=O) groups is 2. The van der Waals surface area contributed by atoms with Crippen molar-refractivity contribution < 1.29 is 23.1 Å². The summed E-state index contributed by atoms with van der Waals surface area (Å²) in [5, 5.41) is 13.4. The van der Waals surface area contributed by atoms with E-state index in [-0.39, 0.29) is 12.3 Å². The Labute approximate surface area is 113 Å². The summed E-state index contributed by atoms with van der Waals surface area (Å²) in [5.41, 5.74) is 0. The molecule has 0 aromatic heterocycles. The fraction of sp³-hybridized carbons (Fsp3) is 0.800. The molecule has 0 aromatic rings. The van der Waals surface area contributed by atoms with Crippen molar-refractivity contribution >= 4 is 22.0 Å². The number of carboxylic acid groups (broad SMARTS) is 1. The molecule has 0 heterocycles. The quantitative estimate of drug-likeness (QED) is 0.554. The fourth-order valence-corrected chi connectivity index (χ4v) is 1.96. The van der Waals surface area contributed by atoms with Crippen LogP contribution >= 0.6 is 0 Å². The van der Waals surface area contributed by atoms with Crippen LogP contribution in [0.2, 0.25) is 0 Å². The SMILES string of the molecule is CCC[C@@H](NC(=O)NCCS(=O)(=O)N(C)C)C(=O)O. The number of carboxylic acids is 1. The average molecular weight is 295 g/mol. The van der Waals surface area contributed by atoms with E-state index in [2.05, 4.69) is 10.6 Å². The zero-order chi connectivity index (χ0) is 15.1. The second-order valence-corrected chi connectivity index (χ2v) is 6.48. The van der Waals surface area contributed by atoms with E-state index in [1.807, 2.05) is 0 Å². The molecule has 0 aliphatic rings. The molecule has 8 nitrogen and oxygen atoms in total. The molecule has 0 spiro atoms. The zero-order valence-electron chi connectivity index (χ0n) is 11.3. The van der Waals surface area contributed by atoms with Crippen LogP contribution in [0.5, 0.6) is 0 Å². The predicted octanol–water partition coefficient (Wildman–Crippen LogP) is -0.570. The molecular weight excluding hydrogens is 274 g/mol. The molecule has 0 aliphatic carbocycles. The van der Waals surface area contributed by atoms with Crippen LogP contribution in [0.1, 0.15) is 19.8 Å². The van der Waals surface area contributed by atoms with Gasteiger partial charge in [0.25, 0.3) is 0 Å². The lowest BCUT2D eigenvalue weighted by Gasteiger charge is -2.15. The maximum Gasteiger partial charge on any atom is 0.326 e. The maximum atomic E-state index is 11.4. The van der Waals surface area contributed by atoms with E-state index >= 15 is 0 Å². The van der Waals surface area contributed by atoms with Crippen LogP contribution in [-0.2, 0) is 14.8 Å². The third kappa shape index (κ3) is 6.97. The third-order valence-electron chi connectivity index (χ3n) is 2.38. The van der Waals surface area contributed by atoms with Gasteiger partial charge in [-0.1, -0.05) is 13.3 Å². The summed E-state index contributed by atoms with van der Waals surface area (Å²) in [6.45, 7) is 1.73. The Bertz CT molecular complexity index is 407. The van der Waals surface area contributed by atoms with Gasteiger partial charge >= 0.3 is 12.0 Å². The number of nitrogens with zero attached hydrogens (tertiary/aromatic N) is 1. The highest BCUT2D eigenvalue weighted by Gasteiger charge is 2.19. The van der Waals surface area contributed by atoms with Gasteiger partial charge < -0.3 is 15.7 Å². The first-order valence-corrected chi connectivity index (χ1v) is 7.49. The normalized spacial score (nSPS) is 13.1. The summed E-state index contributed by atoms with van der Waals surface area (Å²) in [6.07, 6.45) is 0.936. The van der Waals surface area contributed by atoms with Gasteiger partial charge in [0, 0.05) is 20.6 Å². The highest BCUT2D eigenvalue weighted by Crippen LogP contribution is 1.96. The predicted molar refractivity (Wildman–Crippen MR) is 70.3 cm³/mol. The molecule has 112 valence electrons. The molecule has 0 aliphatic heterocycles. The standard InChI is InChI=1S/C10H21N3O5S/c1-4-5-8(9(14)15)12-10(16)11-6-7-19(17,18)13(2)3/h8H,4-7H2,1-3H3,(H,14,15)(H2,11,12,16)/t8-/m1/s1. The lowest BCUT2D eigenvalue weighted by Crippen LogP contribution is -2.47. The van der Waals surface area contributed by atoms with Crippen LogP contribution in [0.25, 0.3) is 0 Å². The molecule has 9 heteroatoms. The van der Waals surface area contributed by atoms with Crippen LogP contribution in [0.15, 0.2) is 0 Å². The molecule has 2 amide bonds. The smallest absolute Gasteiger partial charge is 0.326 e. The minimum Gasteiger partial charge on any atom is -0.480 e. The molecule has 0 fully saturated rings. The summed E-state index contributed by atoms with van der Waals surface area (Å²) in [6, 6.07) is -1.65. The number of carbonyl (C=O) groups excluding carboxylic acids is 1. The molecule has 1 atom stereocenters. The summed E-state index contributed by atoms with van der Waals surface area (Å²) >= 11 is 0. The summed E-state index contributed by atoms with van der Waals surface area (Å²) in [5.74, 6) is -1.35. The van der Waals surface area contributed by atoms with E-state index in [9.17, 15) is 18.0 Å². The Morgan fingerprint density at radius 1 is 1.32 bits per heavy atom. The third-order valence-corrected chi connectivity index (χ3v) is 4.22. The Morgan fingerprint density at radius 3 is 2.32 bits per heavy atom. The maximum absolute atomic E-state index is 11.4. The summed E-state index contributed by atoms with van der Waals surface area (Å²) < 4.78 is 23.9. The van der Waals surface area contributed by atoms with E-state index in [4.69, 9.17) is 5.11 Å². The Balaban J connectivity index is 4.16. The molecule has 19 heavy (non-hydrogen) atoms. The van der Waals surface area contributed by atoms with Gasteiger partial charge in [0.1, 0.15) is 6.04 Å². The molecular formula is C10H21N3O5S. The van der Waals surface area contributed by atoms with Crippen molar-refractivity contribution in [3.05, 3.63) is 0 Å². The van der Waals surface area contributed by atoms with Crippen molar-refractivity contribution in [2.45, 2.75) is 25.8 Å². The van der Waals surface area contributed by atoms with E-state index in [0.717, 1.165) is 4.31 Å². The first-order valence-electron chi connectivity index (χ1n) is 5.88. The minimum absolute atomic E-state index is 0.0786. The topological polar surface area (TPSA) is 116 Å². The van der Waals surface area contributed by atoms with Gasteiger partial charge in [-0.3, -0.25) is 0 Å². The van der Waals surface area contributed by atoms with Gasteiger partial charge in [-0.15, -0.1) is 0 Å². The molecule has 0 saturated carbocycles. The Morgan fingerprint density at radius 2 is 1.89 bits per heavy atom. The minimum atomic E-state index is -3.37. The number of hydrogen-bond acceptors (Lipinski definition) is 4. The highest BCUT2D eigenvalue weighted by molar-refractivity contribution is 7.89. The first-order chi connectivity index (χ1) is 8.70.